The van der Waals surface area contributed by atoms with E-state index in [1.165, 1.54) is 55.9 Å². The van der Waals surface area contributed by atoms with E-state index in [4.69, 9.17) is 4.98 Å². The molecular weight excluding hydrogens is 342 g/mol. The molecule has 0 atom stereocenters. The second-order valence-electron chi connectivity index (χ2n) is 7.90. The molecule has 0 amide bonds. The highest BCUT2D eigenvalue weighted by Gasteiger charge is 2.36. The van der Waals surface area contributed by atoms with Gasteiger partial charge in [0.1, 0.15) is 5.82 Å². The Balaban J connectivity index is 1.58. The van der Waals surface area contributed by atoms with E-state index in [9.17, 15) is 0 Å². The van der Waals surface area contributed by atoms with E-state index in [0.29, 0.717) is 0 Å². The lowest BCUT2D eigenvalue weighted by atomic mass is 9.83. The normalized spacial score (nSPS) is 14.6. The number of anilines is 3. The summed E-state index contributed by atoms with van der Waals surface area (Å²) in [6, 6.07) is 17.7. The van der Waals surface area contributed by atoms with E-state index in [-0.39, 0.29) is 0 Å². The fraction of sp³-hybridized carbons (Fsp3) is 0.120. The quantitative estimate of drug-likeness (QED) is 0.367. The van der Waals surface area contributed by atoms with Gasteiger partial charge in [-0.1, -0.05) is 30.3 Å². The molecule has 0 fully saturated rings. The van der Waals surface area contributed by atoms with Gasteiger partial charge < -0.3 is 0 Å². The fourth-order valence-corrected chi connectivity index (χ4v) is 5.28. The molecule has 0 N–H and O–H groups in total. The molecule has 2 aromatic carbocycles. The summed E-state index contributed by atoms with van der Waals surface area (Å²) in [5.74, 6) is 1.07. The molecule has 1 aliphatic carbocycles. The number of fused-ring (bicyclic) bond motifs is 8. The largest absolute Gasteiger partial charge is 0.294 e. The summed E-state index contributed by atoms with van der Waals surface area (Å²) < 4.78 is 0. The van der Waals surface area contributed by atoms with E-state index < -0.39 is 0 Å². The van der Waals surface area contributed by atoms with Gasteiger partial charge in [-0.05, 0) is 69.1 Å². The highest BCUT2D eigenvalue weighted by Crippen LogP contribution is 2.53. The molecule has 0 spiro atoms. The lowest BCUT2D eigenvalue weighted by molar-refractivity contribution is 0.961. The molecule has 0 saturated heterocycles. The molecule has 0 unspecified atom stereocenters. The Morgan fingerprint density at radius 1 is 0.714 bits per heavy atom. The summed E-state index contributed by atoms with van der Waals surface area (Å²) in [5, 5.41) is 0. The van der Waals surface area contributed by atoms with Gasteiger partial charge >= 0.3 is 0 Å². The monoisotopic (exact) mass is 359 g/mol. The maximum absolute atomic E-state index is 4.78. The molecule has 2 aromatic heterocycles. The minimum Gasteiger partial charge on any atom is -0.294 e. The Morgan fingerprint density at radius 2 is 1.61 bits per heavy atom. The van der Waals surface area contributed by atoms with Crippen LogP contribution in [0.5, 0.6) is 0 Å². The highest BCUT2D eigenvalue weighted by molar-refractivity contribution is 5.92. The standard InChI is InChI=1S/C25H17N3/c1-2-6-19-15(4-1)11-21-20(19)13-17-10-18-14-26-9-7-23(18)28-24(17)22(21)12-16-5-3-8-27-25(16)28/h1-9,13-14H,10-12H2. The third-order valence-electron chi connectivity index (χ3n) is 6.44. The molecule has 7 rings (SSSR count). The van der Waals surface area contributed by atoms with Crippen molar-refractivity contribution in [2.24, 2.45) is 0 Å². The minimum absolute atomic E-state index is 0.930. The van der Waals surface area contributed by atoms with Gasteiger partial charge in [-0.3, -0.25) is 9.88 Å². The average Bonchev–Trinajstić information content (AvgIpc) is 3.12. The van der Waals surface area contributed by atoms with Crippen molar-refractivity contribution in [1.82, 2.24) is 9.97 Å². The van der Waals surface area contributed by atoms with Gasteiger partial charge in [-0.25, -0.2) is 4.98 Å². The Hall–Kier alpha value is -3.46. The van der Waals surface area contributed by atoms with Crippen LogP contribution in [-0.2, 0) is 19.3 Å². The van der Waals surface area contributed by atoms with Crippen molar-refractivity contribution >= 4 is 17.2 Å². The predicted molar refractivity (Wildman–Crippen MR) is 111 cm³/mol. The Labute approximate surface area is 163 Å². The van der Waals surface area contributed by atoms with Crippen LogP contribution in [0.1, 0.15) is 33.4 Å². The van der Waals surface area contributed by atoms with E-state index in [0.717, 1.165) is 25.1 Å². The van der Waals surface area contributed by atoms with E-state index in [2.05, 4.69) is 58.4 Å². The summed E-state index contributed by atoms with van der Waals surface area (Å²) in [7, 11) is 0. The molecule has 4 heterocycles. The second-order valence-corrected chi connectivity index (χ2v) is 7.90. The predicted octanol–water partition coefficient (Wildman–Crippen LogP) is 5.33. The van der Waals surface area contributed by atoms with Crippen molar-refractivity contribution in [3.05, 3.63) is 101 Å². The molecule has 0 saturated carbocycles. The van der Waals surface area contributed by atoms with Crippen molar-refractivity contribution in [2.75, 3.05) is 4.90 Å². The van der Waals surface area contributed by atoms with Gasteiger partial charge in [0.2, 0.25) is 0 Å². The zero-order valence-corrected chi connectivity index (χ0v) is 15.3. The number of hydrogen-bond donors (Lipinski definition) is 0. The number of pyridine rings is 2. The second kappa shape index (κ2) is 5.08. The molecule has 2 aliphatic heterocycles. The first kappa shape index (κ1) is 14.6. The van der Waals surface area contributed by atoms with Gasteiger partial charge in [0, 0.05) is 31.4 Å². The van der Waals surface area contributed by atoms with Crippen molar-refractivity contribution in [3.63, 3.8) is 0 Å². The molecule has 3 nitrogen and oxygen atoms in total. The van der Waals surface area contributed by atoms with Crippen LogP contribution in [0.2, 0.25) is 0 Å². The van der Waals surface area contributed by atoms with E-state index >= 15 is 0 Å². The van der Waals surface area contributed by atoms with Crippen LogP contribution < -0.4 is 4.90 Å². The first-order valence-corrected chi connectivity index (χ1v) is 9.81. The lowest BCUT2D eigenvalue weighted by Gasteiger charge is -2.39. The SMILES string of the molecule is c1ccc2c(c1)Cc1c-2cc2c3c1Cc1cccnc1N3c1ccncc1C2. The van der Waals surface area contributed by atoms with Crippen molar-refractivity contribution < 1.29 is 0 Å². The summed E-state index contributed by atoms with van der Waals surface area (Å²) in [6.07, 6.45) is 8.72. The number of rotatable bonds is 0. The lowest BCUT2D eigenvalue weighted by Crippen LogP contribution is -2.26. The van der Waals surface area contributed by atoms with E-state index in [1.54, 1.807) is 0 Å². The minimum atomic E-state index is 0.930. The summed E-state index contributed by atoms with van der Waals surface area (Å²) in [4.78, 5) is 11.6. The van der Waals surface area contributed by atoms with Crippen LogP contribution in [0.4, 0.5) is 17.2 Å². The Kier molecular flexibility index (Phi) is 2.64. The maximum Gasteiger partial charge on any atom is 0.141 e. The summed E-state index contributed by atoms with van der Waals surface area (Å²) >= 11 is 0. The molecule has 3 heteroatoms. The van der Waals surface area contributed by atoms with Gasteiger partial charge in [-0.15, -0.1) is 0 Å². The van der Waals surface area contributed by atoms with Gasteiger partial charge in [0.05, 0.1) is 11.4 Å². The van der Waals surface area contributed by atoms with Crippen LogP contribution in [0.15, 0.2) is 67.1 Å². The van der Waals surface area contributed by atoms with Crippen LogP contribution in [-0.4, -0.2) is 9.97 Å². The zero-order valence-electron chi connectivity index (χ0n) is 15.3. The summed E-state index contributed by atoms with van der Waals surface area (Å²) in [6.45, 7) is 0. The first-order valence-electron chi connectivity index (χ1n) is 9.81. The maximum atomic E-state index is 4.78. The third-order valence-corrected chi connectivity index (χ3v) is 6.44. The van der Waals surface area contributed by atoms with Crippen molar-refractivity contribution in [2.45, 2.75) is 19.3 Å². The topological polar surface area (TPSA) is 29.0 Å². The molecule has 4 aromatic rings. The van der Waals surface area contributed by atoms with Crippen LogP contribution in [0.25, 0.3) is 11.1 Å². The fourth-order valence-electron chi connectivity index (χ4n) is 5.28. The Bertz CT molecular complexity index is 1290. The number of aromatic nitrogens is 2. The number of benzene rings is 2. The first-order chi connectivity index (χ1) is 13.9. The molecule has 132 valence electrons. The van der Waals surface area contributed by atoms with Crippen molar-refractivity contribution in [3.8, 4) is 11.1 Å². The average molecular weight is 359 g/mol. The van der Waals surface area contributed by atoms with Crippen LogP contribution in [0, 0.1) is 0 Å². The van der Waals surface area contributed by atoms with Gasteiger partial charge in [0.25, 0.3) is 0 Å². The zero-order chi connectivity index (χ0) is 18.2. The molecule has 0 bridgehead atoms. The van der Waals surface area contributed by atoms with Crippen molar-refractivity contribution in [1.29, 1.82) is 0 Å². The van der Waals surface area contributed by atoms with Gasteiger partial charge in [-0.2, -0.15) is 0 Å². The molecular formula is C25H17N3. The molecule has 28 heavy (non-hydrogen) atoms. The summed E-state index contributed by atoms with van der Waals surface area (Å²) in [5.41, 5.74) is 13.8. The molecule has 0 radical (unpaired) electrons. The number of hydrogen-bond acceptors (Lipinski definition) is 3. The number of nitrogens with zero attached hydrogens (tertiary/aromatic N) is 3. The molecule has 3 aliphatic rings. The van der Waals surface area contributed by atoms with Crippen LogP contribution >= 0.6 is 0 Å². The van der Waals surface area contributed by atoms with E-state index in [1.807, 2.05) is 18.6 Å². The third kappa shape index (κ3) is 1.74. The highest BCUT2D eigenvalue weighted by atomic mass is 15.2. The Morgan fingerprint density at radius 3 is 2.61 bits per heavy atom. The smallest absolute Gasteiger partial charge is 0.141 e. The van der Waals surface area contributed by atoms with Gasteiger partial charge in [0.15, 0.2) is 0 Å². The van der Waals surface area contributed by atoms with Crippen LogP contribution in [0.3, 0.4) is 0 Å².